The van der Waals surface area contributed by atoms with Gasteiger partial charge in [0, 0.05) is 12.6 Å². The van der Waals surface area contributed by atoms with Gasteiger partial charge in [0.1, 0.15) is 19.4 Å². The van der Waals surface area contributed by atoms with Gasteiger partial charge in [-0.1, -0.05) is 0 Å². The van der Waals surface area contributed by atoms with Gasteiger partial charge in [-0.3, -0.25) is 10.1 Å². The van der Waals surface area contributed by atoms with Crippen LogP contribution >= 0.6 is 0 Å². The van der Waals surface area contributed by atoms with Crippen LogP contribution in [-0.2, 0) is 0 Å². The molecular weight excluding hydrogens is 276 g/mol. The maximum atomic E-state index is 11.1. The van der Waals surface area contributed by atoms with Crippen LogP contribution < -0.4 is 14.8 Å². The molecule has 0 saturated heterocycles. The molecule has 3 rings (SSSR count). The minimum atomic E-state index is -0.508. The SMILES string of the molecule is CNc1ncc([N+](=O)[O-])c(-c2ccc3c(c2)OCCO3)n1. The summed E-state index contributed by atoms with van der Waals surface area (Å²) in [5.41, 5.74) is 0.645. The average Bonchev–Trinajstić information content (AvgIpc) is 2.53. The lowest BCUT2D eigenvalue weighted by molar-refractivity contribution is -0.384. The zero-order valence-corrected chi connectivity index (χ0v) is 11.2. The molecule has 0 atom stereocenters. The summed E-state index contributed by atoms with van der Waals surface area (Å²) in [5, 5.41) is 13.9. The normalized spacial score (nSPS) is 12.8. The van der Waals surface area contributed by atoms with Gasteiger partial charge in [0.2, 0.25) is 5.95 Å². The molecule has 0 aliphatic carbocycles. The molecule has 0 unspecified atom stereocenters. The molecule has 2 heterocycles. The van der Waals surface area contributed by atoms with E-state index in [2.05, 4.69) is 15.3 Å². The Labute approximate surface area is 119 Å². The molecular formula is C13H12N4O4. The van der Waals surface area contributed by atoms with Gasteiger partial charge in [-0.25, -0.2) is 9.97 Å². The van der Waals surface area contributed by atoms with Gasteiger partial charge in [-0.15, -0.1) is 0 Å². The van der Waals surface area contributed by atoms with Gasteiger partial charge >= 0.3 is 5.69 Å². The Kier molecular flexibility index (Phi) is 3.27. The molecule has 8 heteroatoms. The highest BCUT2D eigenvalue weighted by Gasteiger charge is 2.21. The number of benzene rings is 1. The number of aromatic nitrogens is 2. The summed E-state index contributed by atoms with van der Waals surface area (Å²) in [6, 6.07) is 5.11. The topological polar surface area (TPSA) is 99.4 Å². The molecule has 0 spiro atoms. The van der Waals surface area contributed by atoms with Crippen molar-refractivity contribution in [1.82, 2.24) is 9.97 Å². The van der Waals surface area contributed by atoms with Crippen molar-refractivity contribution in [1.29, 1.82) is 0 Å². The predicted octanol–water partition coefficient (Wildman–Crippen LogP) is 1.86. The van der Waals surface area contributed by atoms with Crippen molar-refractivity contribution in [3.63, 3.8) is 0 Å². The number of fused-ring (bicyclic) bond motifs is 1. The summed E-state index contributed by atoms with van der Waals surface area (Å²) in [7, 11) is 1.65. The first kappa shape index (κ1) is 13.1. The Balaban J connectivity index is 2.12. The van der Waals surface area contributed by atoms with Crippen molar-refractivity contribution in [2.24, 2.45) is 0 Å². The van der Waals surface area contributed by atoms with E-state index in [-0.39, 0.29) is 11.4 Å². The van der Waals surface area contributed by atoms with Crippen molar-refractivity contribution in [2.75, 3.05) is 25.6 Å². The van der Waals surface area contributed by atoms with Crippen molar-refractivity contribution in [3.8, 4) is 22.8 Å². The zero-order chi connectivity index (χ0) is 14.8. The number of nitro groups is 1. The van der Waals surface area contributed by atoms with Gasteiger partial charge in [-0.05, 0) is 18.2 Å². The number of hydrogen-bond donors (Lipinski definition) is 1. The highest BCUT2D eigenvalue weighted by atomic mass is 16.6. The van der Waals surface area contributed by atoms with Crippen LogP contribution in [0.4, 0.5) is 11.6 Å². The maximum Gasteiger partial charge on any atom is 0.313 e. The van der Waals surface area contributed by atoms with Gasteiger partial charge in [0.05, 0.1) is 4.92 Å². The van der Waals surface area contributed by atoms with E-state index in [9.17, 15) is 10.1 Å². The number of hydrogen-bond acceptors (Lipinski definition) is 7. The van der Waals surface area contributed by atoms with E-state index in [1.165, 1.54) is 6.20 Å². The van der Waals surface area contributed by atoms with E-state index >= 15 is 0 Å². The van der Waals surface area contributed by atoms with Crippen LogP contribution in [0.3, 0.4) is 0 Å². The quantitative estimate of drug-likeness (QED) is 0.679. The summed E-state index contributed by atoms with van der Waals surface area (Å²) in [6.45, 7) is 0.938. The summed E-state index contributed by atoms with van der Waals surface area (Å²) in [4.78, 5) is 18.7. The van der Waals surface area contributed by atoms with Crippen molar-refractivity contribution < 1.29 is 14.4 Å². The fraction of sp³-hybridized carbons (Fsp3) is 0.231. The van der Waals surface area contributed by atoms with Crippen molar-refractivity contribution in [2.45, 2.75) is 0 Å². The fourth-order valence-corrected chi connectivity index (χ4v) is 2.03. The molecule has 1 aromatic heterocycles. The highest BCUT2D eigenvalue weighted by molar-refractivity contribution is 5.72. The molecule has 0 saturated carbocycles. The Bertz CT molecular complexity index is 705. The Morgan fingerprint density at radius 1 is 1.29 bits per heavy atom. The van der Waals surface area contributed by atoms with Crippen LogP contribution in [0.1, 0.15) is 0 Å². The van der Waals surface area contributed by atoms with Crippen molar-refractivity contribution in [3.05, 3.63) is 34.5 Å². The third kappa shape index (κ3) is 2.42. The number of rotatable bonds is 3. The third-order valence-electron chi connectivity index (χ3n) is 3.01. The third-order valence-corrected chi connectivity index (χ3v) is 3.01. The van der Waals surface area contributed by atoms with Gasteiger partial charge < -0.3 is 14.8 Å². The first-order valence-corrected chi connectivity index (χ1v) is 6.28. The van der Waals surface area contributed by atoms with Gasteiger partial charge in [-0.2, -0.15) is 0 Å². The van der Waals surface area contributed by atoms with E-state index in [1.807, 2.05) is 0 Å². The number of nitrogens with one attached hydrogen (secondary N) is 1. The minimum Gasteiger partial charge on any atom is -0.486 e. The van der Waals surface area contributed by atoms with E-state index in [1.54, 1.807) is 25.2 Å². The molecule has 0 fully saturated rings. The van der Waals surface area contributed by atoms with E-state index in [4.69, 9.17) is 9.47 Å². The molecule has 1 aliphatic heterocycles. The molecule has 1 aromatic carbocycles. The summed E-state index contributed by atoms with van der Waals surface area (Å²) in [5.74, 6) is 1.48. The second-order valence-corrected chi connectivity index (χ2v) is 4.29. The Morgan fingerprint density at radius 3 is 2.76 bits per heavy atom. The summed E-state index contributed by atoms with van der Waals surface area (Å²) in [6.07, 6.45) is 1.19. The first-order valence-electron chi connectivity index (χ1n) is 6.28. The number of nitrogens with zero attached hydrogens (tertiary/aromatic N) is 3. The van der Waals surface area contributed by atoms with Gasteiger partial charge in [0.15, 0.2) is 17.2 Å². The molecule has 1 aliphatic rings. The zero-order valence-electron chi connectivity index (χ0n) is 11.2. The van der Waals surface area contributed by atoms with Crippen LogP contribution in [-0.4, -0.2) is 35.2 Å². The van der Waals surface area contributed by atoms with E-state index in [0.29, 0.717) is 36.2 Å². The van der Waals surface area contributed by atoms with Gasteiger partial charge in [0.25, 0.3) is 0 Å². The second-order valence-electron chi connectivity index (χ2n) is 4.29. The highest BCUT2D eigenvalue weighted by Crippen LogP contribution is 2.36. The average molecular weight is 288 g/mol. The van der Waals surface area contributed by atoms with Crippen molar-refractivity contribution >= 4 is 11.6 Å². The predicted molar refractivity (Wildman–Crippen MR) is 74.7 cm³/mol. The Hall–Kier alpha value is -2.90. The fourth-order valence-electron chi connectivity index (χ4n) is 2.03. The molecule has 8 nitrogen and oxygen atoms in total. The summed E-state index contributed by atoms with van der Waals surface area (Å²) >= 11 is 0. The molecule has 0 amide bonds. The molecule has 0 radical (unpaired) electrons. The molecule has 2 aromatic rings. The number of ether oxygens (including phenoxy) is 2. The van der Waals surface area contributed by atoms with Crippen LogP contribution in [0.25, 0.3) is 11.3 Å². The Morgan fingerprint density at radius 2 is 2.05 bits per heavy atom. The minimum absolute atomic E-state index is 0.161. The van der Waals surface area contributed by atoms with Crippen LogP contribution in [0.15, 0.2) is 24.4 Å². The smallest absolute Gasteiger partial charge is 0.313 e. The molecule has 0 bridgehead atoms. The van der Waals surface area contributed by atoms with Crippen LogP contribution in [0, 0.1) is 10.1 Å². The lowest BCUT2D eigenvalue weighted by Crippen LogP contribution is -2.15. The summed E-state index contributed by atoms with van der Waals surface area (Å²) < 4.78 is 10.9. The molecule has 108 valence electrons. The maximum absolute atomic E-state index is 11.1. The van der Waals surface area contributed by atoms with E-state index < -0.39 is 4.92 Å². The van der Waals surface area contributed by atoms with Crippen LogP contribution in [0.2, 0.25) is 0 Å². The lowest BCUT2D eigenvalue weighted by atomic mass is 10.1. The molecule has 1 N–H and O–H groups in total. The molecule has 21 heavy (non-hydrogen) atoms. The van der Waals surface area contributed by atoms with Crippen LogP contribution in [0.5, 0.6) is 11.5 Å². The lowest BCUT2D eigenvalue weighted by Gasteiger charge is -2.18. The number of anilines is 1. The standard InChI is InChI=1S/C13H12N4O4/c1-14-13-15-7-9(17(18)19)12(16-13)8-2-3-10-11(6-8)21-5-4-20-10/h2-3,6-7H,4-5H2,1H3,(H,14,15,16). The monoisotopic (exact) mass is 288 g/mol. The van der Waals surface area contributed by atoms with E-state index in [0.717, 1.165) is 0 Å². The second kappa shape index (κ2) is 5.23. The largest absolute Gasteiger partial charge is 0.486 e. The first-order chi connectivity index (χ1) is 10.2.